The molecule has 0 spiro atoms. The van der Waals surface area contributed by atoms with E-state index in [1.54, 1.807) is 23.0 Å². The molecule has 25 heavy (non-hydrogen) atoms. The minimum atomic E-state index is -1.17. The molecule has 3 aromatic rings. The number of hydrogen-bond acceptors (Lipinski definition) is 8. The van der Waals surface area contributed by atoms with Crippen molar-refractivity contribution in [2.45, 2.75) is 24.5 Å². The normalized spacial score (nSPS) is 26.4. The minimum absolute atomic E-state index is 0.373. The molecule has 0 aliphatic carbocycles. The number of nitrogens with zero attached hydrogens (tertiary/aromatic N) is 3. The summed E-state index contributed by atoms with van der Waals surface area (Å²) in [5.41, 5.74) is 2.49. The van der Waals surface area contributed by atoms with Gasteiger partial charge >= 0.3 is 0 Å². The molecule has 0 unspecified atom stereocenters. The average Bonchev–Trinajstić information content (AvgIpc) is 3.34. The van der Waals surface area contributed by atoms with E-state index in [4.69, 9.17) is 4.74 Å². The number of thiophene rings is 1. The lowest BCUT2D eigenvalue weighted by atomic mass is 10.1. The van der Waals surface area contributed by atoms with Gasteiger partial charge in [-0.2, -0.15) is 11.3 Å². The van der Waals surface area contributed by atoms with E-state index >= 15 is 0 Å². The monoisotopic (exact) mass is 362 g/mol. The van der Waals surface area contributed by atoms with E-state index in [1.807, 2.05) is 23.0 Å². The highest BCUT2D eigenvalue weighted by Crippen LogP contribution is 2.39. The Labute approximate surface area is 147 Å². The summed E-state index contributed by atoms with van der Waals surface area (Å²) in [5, 5.41) is 37.6. The SMILES string of the molecule is CNc1ncnc2c1c(-c1ccsc1)cn2[C@@H]1O[C@H](CO)[C@@H](O)[C@H]1O. The summed E-state index contributed by atoms with van der Waals surface area (Å²) in [7, 11) is 1.78. The Hall–Kier alpha value is -2.04. The van der Waals surface area contributed by atoms with Crippen LogP contribution < -0.4 is 5.32 Å². The molecule has 1 saturated heterocycles. The van der Waals surface area contributed by atoms with Crippen molar-refractivity contribution in [1.29, 1.82) is 0 Å². The molecule has 0 aromatic carbocycles. The lowest BCUT2D eigenvalue weighted by Crippen LogP contribution is -2.33. The van der Waals surface area contributed by atoms with Crippen molar-refractivity contribution in [2.75, 3.05) is 19.0 Å². The first kappa shape index (κ1) is 16.4. The highest BCUT2D eigenvalue weighted by Gasteiger charge is 2.44. The number of anilines is 1. The van der Waals surface area contributed by atoms with E-state index in [-0.39, 0.29) is 6.61 Å². The molecular weight excluding hydrogens is 344 g/mol. The average molecular weight is 362 g/mol. The Morgan fingerprint density at radius 2 is 2.16 bits per heavy atom. The van der Waals surface area contributed by atoms with Gasteiger partial charge in [-0.1, -0.05) is 0 Å². The van der Waals surface area contributed by atoms with Crippen LogP contribution in [0.1, 0.15) is 6.23 Å². The van der Waals surface area contributed by atoms with Gasteiger partial charge in [0.1, 0.15) is 36.1 Å². The molecule has 0 amide bonds. The maximum Gasteiger partial charge on any atom is 0.164 e. The fourth-order valence-electron chi connectivity index (χ4n) is 3.21. The highest BCUT2D eigenvalue weighted by atomic mass is 32.1. The van der Waals surface area contributed by atoms with Crippen molar-refractivity contribution in [3.05, 3.63) is 29.4 Å². The highest BCUT2D eigenvalue weighted by molar-refractivity contribution is 7.08. The number of aromatic nitrogens is 3. The third kappa shape index (κ3) is 2.52. The first-order valence-electron chi connectivity index (χ1n) is 7.84. The standard InChI is InChI=1S/C16H18N4O4S/c1-17-14-11-9(8-2-3-25-6-8)4-20(15(11)19-7-18-14)16-13(23)12(22)10(5-21)24-16/h2-4,6-7,10,12-13,16,21-23H,5H2,1H3,(H,17,18,19)/t10-,12-,13-,16-/m1/s1. The van der Waals surface area contributed by atoms with Crippen molar-refractivity contribution in [3.8, 4) is 11.1 Å². The molecule has 4 rings (SSSR count). The van der Waals surface area contributed by atoms with Gasteiger partial charge in [-0.3, -0.25) is 0 Å². The molecule has 0 saturated carbocycles. The Balaban J connectivity index is 1.91. The zero-order valence-electron chi connectivity index (χ0n) is 13.4. The summed E-state index contributed by atoms with van der Waals surface area (Å²) in [6, 6.07) is 1.99. The van der Waals surface area contributed by atoms with Gasteiger partial charge in [-0.15, -0.1) is 0 Å². The predicted molar refractivity (Wildman–Crippen MR) is 93.4 cm³/mol. The van der Waals surface area contributed by atoms with Crippen LogP contribution in [0.15, 0.2) is 29.4 Å². The number of fused-ring (bicyclic) bond motifs is 1. The molecule has 3 aromatic heterocycles. The third-order valence-corrected chi connectivity index (χ3v) is 5.15. The Kier molecular flexibility index (Phi) is 4.18. The zero-order valence-corrected chi connectivity index (χ0v) is 14.2. The third-order valence-electron chi connectivity index (χ3n) is 4.47. The summed E-state index contributed by atoms with van der Waals surface area (Å²) in [4.78, 5) is 8.63. The Bertz CT molecular complexity index is 882. The summed E-state index contributed by atoms with van der Waals surface area (Å²) in [6.07, 6.45) is -0.751. The van der Waals surface area contributed by atoms with E-state index < -0.39 is 24.5 Å². The molecule has 0 radical (unpaired) electrons. The van der Waals surface area contributed by atoms with Crippen LogP contribution in [0, 0.1) is 0 Å². The van der Waals surface area contributed by atoms with Gasteiger partial charge in [0.15, 0.2) is 6.23 Å². The van der Waals surface area contributed by atoms with Crippen LogP contribution in [0.25, 0.3) is 22.2 Å². The lowest BCUT2D eigenvalue weighted by molar-refractivity contribution is -0.0508. The smallest absolute Gasteiger partial charge is 0.164 e. The molecule has 4 atom stereocenters. The van der Waals surface area contributed by atoms with Gasteiger partial charge in [0, 0.05) is 18.8 Å². The van der Waals surface area contributed by atoms with E-state index in [9.17, 15) is 15.3 Å². The Morgan fingerprint density at radius 1 is 1.32 bits per heavy atom. The van der Waals surface area contributed by atoms with Gasteiger partial charge in [0.05, 0.1) is 12.0 Å². The van der Waals surface area contributed by atoms with Crippen LogP contribution in [-0.2, 0) is 4.74 Å². The number of rotatable bonds is 4. The maximum absolute atomic E-state index is 10.4. The van der Waals surface area contributed by atoms with Crippen LogP contribution in [0.5, 0.6) is 0 Å². The number of ether oxygens (including phenoxy) is 1. The topological polar surface area (TPSA) is 113 Å². The van der Waals surface area contributed by atoms with Crippen LogP contribution in [0.3, 0.4) is 0 Å². The van der Waals surface area contributed by atoms with E-state index in [1.165, 1.54) is 6.33 Å². The van der Waals surface area contributed by atoms with Crippen molar-refractivity contribution in [1.82, 2.24) is 14.5 Å². The second-order valence-corrected chi connectivity index (χ2v) is 6.64. The molecule has 9 heteroatoms. The quantitative estimate of drug-likeness (QED) is 0.543. The minimum Gasteiger partial charge on any atom is -0.394 e. The van der Waals surface area contributed by atoms with Gasteiger partial charge < -0.3 is 29.9 Å². The summed E-state index contributed by atoms with van der Waals surface area (Å²) in [6.45, 7) is -0.373. The summed E-state index contributed by atoms with van der Waals surface area (Å²) >= 11 is 1.58. The molecule has 1 aliphatic heterocycles. The number of aliphatic hydroxyl groups is 3. The summed E-state index contributed by atoms with van der Waals surface area (Å²) in [5.74, 6) is 0.664. The number of hydrogen-bond donors (Lipinski definition) is 4. The van der Waals surface area contributed by atoms with Gasteiger partial charge in [0.25, 0.3) is 0 Å². The predicted octanol–water partition coefficient (Wildman–Crippen LogP) is 0.813. The summed E-state index contributed by atoms with van der Waals surface area (Å²) < 4.78 is 7.36. The number of nitrogens with one attached hydrogen (secondary N) is 1. The largest absolute Gasteiger partial charge is 0.394 e. The van der Waals surface area contributed by atoms with Crippen molar-refractivity contribution in [3.63, 3.8) is 0 Å². The van der Waals surface area contributed by atoms with Crippen molar-refractivity contribution in [2.24, 2.45) is 0 Å². The van der Waals surface area contributed by atoms with E-state index in [0.717, 1.165) is 16.5 Å². The van der Waals surface area contributed by atoms with Gasteiger partial charge in [0.2, 0.25) is 0 Å². The van der Waals surface area contributed by atoms with Crippen LogP contribution in [0.4, 0.5) is 5.82 Å². The van der Waals surface area contributed by atoms with E-state index in [2.05, 4.69) is 15.3 Å². The molecule has 4 heterocycles. The van der Waals surface area contributed by atoms with Gasteiger partial charge in [-0.05, 0) is 22.4 Å². The number of aliphatic hydroxyl groups excluding tert-OH is 3. The van der Waals surface area contributed by atoms with Crippen LogP contribution in [0.2, 0.25) is 0 Å². The van der Waals surface area contributed by atoms with Crippen molar-refractivity contribution >= 4 is 28.2 Å². The molecule has 132 valence electrons. The van der Waals surface area contributed by atoms with Crippen molar-refractivity contribution < 1.29 is 20.1 Å². The van der Waals surface area contributed by atoms with E-state index in [0.29, 0.717) is 11.5 Å². The second kappa shape index (κ2) is 6.36. The molecule has 1 aliphatic rings. The Morgan fingerprint density at radius 3 is 2.80 bits per heavy atom. The van der Waals surface area contributed by atoms with Crippen LogP contribution >= 0.6 is 11.3 Å². The first-order valence-corrected chi connectivity index (χ1v) is 8.78. The first-order chi connectivity index (χ1) is 12.2. The fraction of sp³-hybridized carbons (Fsp3) is 0.375. The molecule has 1 fully saturated rings. The zero-order chi connectivity index (χ0) is 17.6. The molecule has 4 N–H and O–H groups in total. The maximum atomic E-state index is 10.4. The lowest BCUT2D eigenvalue weighted by Gasteiger charge is -2.17. The van der Waals surface area contributed by atoms with Gasteiger partial charge in [-0.25, -0.2) is 9.97 Å². The second-order valence-electron chi connectivity index (χ2n) is 5.86. The fourth-order valence-corrected chi connectivity index (χ4v) is 3.87. The molecular formula is C16H18N4O4S. The van der Waals surface area contributed by atoms with Crippen LogP contribution in [-0.4, -0.2) is 61.8 Å². The molecule has 8 nitrogen and oxygen atoms in total. The molecule has 0 bridgehead atoms.